The summed E-state index contributed by atoms with van der Waals surface area (Å²) in [6.45, 7) is 2.52. The van der Waals surface area contributed by atoms with Crippen LogP contribution in [0.25, 0.3) is 11.0 Å². The first-order valence-electron chi connectivity index (χ1n) is 7.64. The van der Waals surface area contributed by atoms with Crippen LogP contribution < -0.4 is 10.9 Å². The largest absolute Gasteiger partial charge is 0.422 e. The van der Waals surface area contributed by atoms with Gasteiger partial charge in [0.25, 0.3) is 5.91 Å². The number of carbonyl (C=O) groups is 1. The Balaban J connectivity index is 1.60. The molecule has 122 valence electrons. The van der Waals surface area contributed by atoms with E-state index in [1.54, 1.807) is 30.0 Å². The fraction of sp³-hybridized carbons (Fsp3) is 0.158. The molecule has 0 spiro atoms. The minimum Gasteiger partial charge on any atom is -0.422 e. The first-order valence-corrected chi connectivity index (χ1v) is 8.62. The smallest absolute Gasteiger partial charge is 0.349 e. The molecule has 1 aromatic heterocycles. The van der Waals surface area contributed by atoms with Gasteiger partial charge >= 0.3 is 5.63 Å². The van der Waals surface area contributed by atoms with E-state index in [-0.39, 0.29) is 5.56 Å². The van der Waals surface area contributed by atoms with E-state index in [9.17, 15) is 9.59 Å². The van der Waals surface area contributed by atoms with Gasteiger partial charge in [-0.3, -0.25) is 4.79 Å². The maximum absolute atomic E-state index is 12.2. The Labute approximate surface area is 143 Å². The van der Waals surface area contributed by atoms with E-state index in [1.165, 1.54) is 5.56 Å². The topological polar surface area (TPSA) is 59.3 Å². The first-order chi connectivity index (χ1) is 11.6. The third-order valence-electron chi connectivity index (χ3n) is 3.56. The number of hydrogen-bond donors (Lipinski definition) is 1. The SMILES string of the molecule is Cc1ccc(SCCNC(=O)c2cc3ccccc3oc2=O)cc1. The summed E-state index contributed by atoms with van der Waals surface area (Å²) in [5.74, 6) is 0.326. The quantitative estimate of drug-likeness (QED) is 0.438. The second-order valence-corrected chi connectivity index (χ2v) is 6.57. The number of carbonyl (C=O) groups excluding carboxylic acids is 1. The van der Waals surface area contributed by atoms with E-state index in [2.05, 4.69) is 29.6 Å². The molecule has 1 N–H and O–H groups in total. The summed E-state index contributed by atoms with van der Waals surface area (Å²) in [5.41, 5.74) is 1.12. The van der Waals surface area contributed by atoms with Crippen LogP contribution in [-0.2, 0) is 0 Å². The van der Waals surface area contributed by atoms with E-state index in [0.29, 0.717) is 12.1 Å². The summed E-state index contributed by atoms with van der Waals surface area (Å²) in [4.78, 5) is 25.3. The van der Waals surface area contributed by atoms with Crippen LogP contribution in [0.3, 0.4) is 0 Å². The molecule has 0 fully saturated rings. The molecular formula is C19H17NO3S. The van der Waals surface area contributed by atoms with Crippen molar-refractivity contribution in [3.05, 3.63) is 76.1 Å². The number of hydrogen-bond acceptors (Lipinski definition) is 4. The van der Waals surface area contributed by atoms with Gasteiger partial charge in [0.1, 0.15) is 11.1 Å². The molecule has 0 radical (unpaired) electrons. The van der Waals surface area contributed by atoms with Gasteiger partial charge in [0.15, 0.2) is 0 Å². The Morgan fingerprint density at radius 1 is 1.12 bits per heavy atom. The van der Waals surface area contributed by atoms with E-state index in [1.807, 2.05) is 19.1 Å². The number of aryl methyl sites for hydroxylation is 1. The fourth-order valence-electron chi connectivity index (χ4n) is 2.28. The molecule has 4 nitrogen and oxygen atoms in total. The molecule has 1 amide bonds. The molecule has 0 bridgehead atoms. The lowest BCUT2D eigenvalue weighted by atomic mass is 10.2. The van der Waals surface area contributed by atoms with Crippen LogP contribution >= 0.6 is 11.8 Å². The maximum atomic E-state index is 12.2. The Bertz CT molecular complexity index is 916. The molecule has 0 atom stereocenters. The number of fused-ring (bicyclic) bond motifs is 1. The average molecular weight is 339 g/mol. The highest BCUT2D eigenvalue weighted by Gasteiger charge is 2.12. The van der Waals surface area contributed by atoms with Crippen molar-refractivity contribution in [1.29, 1.82) is 0 Å². The zero-order chi connectivity index (χ0) is 16.9. The van der Waals surface area contributed by atoms with Crippen molar-refractivity contribution < 1.29 is 9.21 Å². The van der Waals surface area contributed by atoms with Crippen LogP contribution in [0.15, 0.2) is 68.7 Å². The zero-order valence-corrected chi connectivity index (χ0v) is 14.1. The van der Waals surface area contributed by atoms with Gasteiger partial charge in [-0.05, 0) is 31.2 Å². The predicted octanol–water partition coefficient (Wildman–Crippen LogP) is 3.62. The van der Waals surface area contributed by atoms with Crippen molar-refractivity contribution in [2.24, 2.45) is 0 Å². The summed E-state index contributed by atoms with van der Waals surface area (Å²) in [6.07, 6.45) is 0. The second-order valence-electron chi connectivity index (χ2n) is 5.40. The van der Waals surface area contributed by atoms with Crippen LogP contribution in [0.4, 0.5) is 0 Å². The van der Waals surface area contributed by atoms with Gasteiger partial charge in [0.05, 0.1) is 0 Å². The van der Waals surface area contributed by atoms with Crippen molar-refractivity contribution in [3.8, 4) is 0 Å². The van der Waals surface area contributed by atoms with Crippen molar-refractivity contribution in [3.63, 3.8) is 0 Å². The van der Waals surface area contributed by atoms with Crippen LogP contribution in [0.5, 0.6) is 0 Å². The Hall–Kier alpha value is -2.53. The van der Waals surface area contributed by atoms with Crippen molar-refractivity contribution in [1.82, 2.24) is 5.32 Å². The Morgan fingerprint density at radius 2 is 1.88 bits per heavy atom. The normalized spacial score (nSPS) is 10.7. The van der Waals surface area contributed by atoms with E-state index in [0.717, 1.165) is 16.0 Å². The minimum atomic E-state index is -0.614. The van der Waals surface area contributed by atoms with E-state index >= 15 is 0 Å². The van der Waals surface area contributed by atoms with Gasteiger partial charge in [-0.1, -0.05) is 35.9 Å². The summed E-state index contributed by atoms with van der Waals surface area (Å²) in [5, 5.41) is 3.50. The lowest BCUT2D eigenvalue weighted by Crippen LogP contribution is -2.29. The van der Waals surface area contributed by atoms with Gasteiger partial charge in [0, 0.05) is 22.6 Å². The number of para-hydroxylation sites is 1. The molecule has 3 rings (SSSR count). The minimum absolute atomic E-state index is 0.0361. The Kier molecular flexibility index (Phi) is 5.01. The highest BCUT2D eigenvalue weighted by atomic mass is 32.2. The molecule has 0 aliphatic carbocycles. The third-order valence-corrected chi connectivity index (χ3v) is 4.58. The lowest BCUT2D eigenvalue weighted by molar-refractivity contribution is 0.0952. The number of thioether (sulfide) groups is 1. The van der Waals surface area contributed by atoms with Gasteiger partial charge in [0.2, 0.25) is 0 Å². The highest BCUT2D eigenvalue weighted by molar-refractivity contribution is 7.99. The summed E-state index contributed by atoms with van der Waals surface area (Å²) in [7, 11) is 0. The van der Waals surface area contributed by atoms with Gasteiger partial charge in [-0.15, -0.1) is 11.8 Å². The average Bonchev–Trinajstić information content (AvgIpc) is 2.59. The molecule has 0 saturated carbocycles. The molecular weight excluding hydrogens is 322 g/mol. The predicted molar refractivity (Wildman–Crippen MR) is 96.7 cm³/mol. The molecule has 0 aliphatic heterocycles. The summed E-state index contributed by atoms with van der Waals surface area (Å²) in [6, 6.07) is 16.9. The van der Waals surface area contributed by atoms with Crippen LogP contribution in [0.1, 0.15) is 15.9 Å². The van der Waals surface area contributed by atoms with Crippen molar-refractivity contribution in [2.45, 2.75) is 11.8 Å². The second kappa shape index (κ2) is 7.36. The molecule has 24 heavy (non-hydrogen) atoms. The molecule has 0 aliphatic rings. The monoisotopic (exact) mass is 339 g/mol. The van der Waals surface area contributed by atoms with Crippen molar-refractivity contribution in [2.75, 3.05) is 12.3 Å². The zero-order valence-electron chi connectivity index (χ0n) is 13.2. The Morgan fingerprint density at radius 3 is 2.67 bits per heavy atom. The maximum Gasteiger partial charge on any atom is 0.349 e. The number of benzene rings is 2. The first kappa shape index (κ1) is 16.3. The lowest BCUT2D eigenvalue weighted by Gasteiger charge is -2.05. The summed E-state index contributed by atoms with van der Waals surface area (Å²) < 4.78 is 5.18. The standard InChI is InChI=1S/C19H17NO3S/c1-13-6-8-15(9-7-13)24-11-10-20-18(21)16-12-14-4-2-3-5-17(14)23-19(16)22/h2-9,12H,10-11H2,1H3,(H,20,21). The molecule has 0 saturated heterocycles. The van der Waals surface area contributed by atoms with E-state index in [4.69, 9.17) is 4.42 Å². The molecule has 0 unspecified atom stereocenters. The third kappa shape index (κ3) is 3.86. The van der Waals surface area contributed by atoms with Crippen LogP contribution in [0, 0.1) is 6.92 Å². The van der Waals surface area contributed by atoms with E-state index < -0.39 is 11.5 Å². The van der Waals surface area contributed by atoms with Crippen molar-refractivity contribution >= 4 is 28.6 Å². The fourth-order valence-corrected chi connectivity index (χ4v) is 3.05. The summed E-state index contributed by atoms with van der Waals surface area (Å²) >= 11 is 1.66. The molecule has 2 aromatic carbocycles. The number of nitrogens with one attached hydrogen (secondary N) is 1. The van der Waals surface area contributed by atoms with Gasteiger partial charge < -0.3 is 9.73 Å². The number of rotatable bonds is 5. The molecule has 5 heteroatoms. The molecule has 1 heterocycles. The molecule has 3 aromatic rings. The van der Waals surface area contributed by atoms with Crippen LogP contribution in [0.2, 0.25) is 0 Å². The van der Waals surface area contributed by atoms with Crippen LogP contribution in [-0.4, -0.2) is 18.2 Å². The van der Waals surface area contributed by atoms with Gasteiger partial charge in [-0.2, -0.15) is 0 Å². The van der Waals surface area contributed by atoms with Gasteiger partial charge in [-0.25, -0.2) is 4.79 Å². The highest BCUT2D eigenvalue weighted by Crippen LogP contribution is 2.17. The number of amides is 1.